The number of carboxylic acids is 1. The molecule has 1 aromatic carbocycles. The monoisotopic (exact) mass is 564 g/mol. The molecule has 5 rings (SSSR count). The molecule has 5 N–H and O–H groups in total. The van der Waals surface area contributed by atoms with Crippen molar-refractivity contribution in [2.75, 3.05) is 34.9 Å². The summed E-state index contributed by atoms with van der Waals surface area (Å²) in [6, 6.07) is 10.8. The quantitative estimate of drug-likeness (QED) is 0.336. The molecule has 2 atom stereocenters. The lowest BCUT2D eigenvalue weighted by atomic mass is 10.1. The molecule has 208 valence electrons. The first kappa shape index (κ1) is 28.1. The van der Waals surface area contributed by atoms with E-state index < -0.39 is 22.9 Å². The fourth-order valence-electron chi connectivity index (χ4n) is 4.11. The molecule has 1 saturated carbocycles. The number of fused-ring (bicyclic) bond motifs is 1. The molecule has 39 heavy (non-hydrogen) atoms. The number of aromatic nitrogens is 3. The zero-order valence-corrected chi connectivity index (χ0v) is 21.7. The van der Waals surface area contributed by atoms with E-state index in [1.165, 1.54) is 6.20 Å². The molecule has 1 aliphatic heterocycles. The van der Waals surface area contributed by atoms with Gasteiger partial charge in [-0.3, -0.25) is 4.21 Å². The van der Waals surface area contributed by atoms with Gasteiger partial charge in [-0.1, -0.05) is 0 Å². The van der Waals surface area contributed by atoms with Gasteiger partial charge in [0.15, 0.2) is 5.65 Å². The van der Waals surface area contributed by atoms with Gasteiger partial charge in [-0.2, -0.15) is 28.0 Å². The van der Waals surface area contributed by atoms with Crippen LogP contribution >= 0.6 is 0 Å². The van der Waals surface area contributed by atoms with E-state index in [0.29, 0.717) is 28.8 Å². The Hall–Kier alpha value is -3.90. The zero-order chi connectivity index (χ0) is 28.3. The van der Waals surface area contributed by atoms with Crippen LogP contribution in [-0.4, -0.2) is 67.5 Å². The van der Waals surface area contributed by atoms with Gasteiger partial charge in [-0.05, 0) is 43.0 Å². The first-order valence-corrected chi connectivity index (χ1v) is 13.7. The Morgan fingerprint density at radius 2 is 2.03 bits per heavy atom. The van der Waals surface area contributed by atoms with Crippen molar-refractivity contribution in [3.8, 4) is 6.07 Å². The molecule has 2 fully saturated rings. The number of alkyl halides is 3. The van der Waals surface area contributed by atoms with E-state index in [1.54, 1.807) is 10.8 Å². The molecule has 0 amide bonds. The summed E-state index contributed by atoms with van der Waals surface area (Å²) >= 11 is 0. The third-order valence-corrected chi connectivity index (χ3v) is 6.76. The van der Waals surface area contributed by atoms with Crippen LogP contribution in [0.2, 0.25) is 0 Å². The first-order valence-electron chi connectivity index (χ1n) is 12.0. The number of anilines is 4. The summed E-state index contributed by atoms with van der Waals surface area (Å²) in [6.07, 6.45) is 1.38. The molecule has 15 heteroatoms. The number of aliphatic carboxylic acids is 1. The van der Waals surface area contributed by atoms with Gasteiger partial charge in [0.1, 0.15) is 23.3 Å². The molecule has 0 spiro atoms. The number of rotatable bonds is 7. The minimum Gasteiger partial charge on any atom is -0.475 e. The standard InChI is InChI=1S/C22H26N8OS.C2HF3O2/c1-32(31)13-14-8-18(4-5-19(14)29-7-6-16(24)12-29)26-20-9-21(27-17-2-3-17)30-22(28-20)15(10-23)11-25-30;3-2(4,5)1(6)7/h4-5,8-9,11,16-17,27H,2-3,6-7,12-13,24H2,1H3,(H,26,28);(H,6,7)/t16-,32+;/m0./s1. The van der Waals surface area contributed by atoms with Crippen LogP contribution in [0.4, 0.5) is 36.2 Å². The Morgan fingerprint density at radius 1 is 1.31 bits per heavy atom. The van der Waals surface area contributed by atoms with Crippen LogP contribution in [0.3, 0.4) is 0 Å². The topological polar surface area (TPSA) is 162 Å². The number of nitriles is 1. The van der Waals surface area contributed by atoms with Crippen LogP contribution in [0, 0.1) is 11.3 Å². The van der Waals surface area contributed by atoms with Crippen molar-refractivity contribution in [2.45, 2.75) is 43.3 Å². The maximum Gasteiger partial charge on any atom is 0.490 e. The summed E-state index contributed by atoms with van der Waals surface area (Å²) in [6.45, 7) is 1.71. The van der Waals surface area contributed by atoms with Crippen molar-refractivity contribution >= 4 is 45.4 Å². The van der Waals surface area contributed by atoms with Crippen molar-refractivity contribution in [3.63, 3.8) is 0 Å². The third-order valence-electron chi connectivity index (χ3n) is 6.04. The van der Waals surface area contributed by atoms with Crippen LogP contribution in [-0.2, 0) is 21.3 Å². The highest BCUT2D eigenvalue weighted by atomic mass is 32.2. The highest BCUT2D eigenvalue weighted by Crippen LogP contribution is 2.31. The summed E-state index contributed by atoms with van der Waals surface area (Å²) in [5, 5.41) is 27.7. The van der Waals surface area contributed by atoms with Crippen molar-refractivity contribution in [2.24, 2.45) is 5.73 Å². The molecule has 2 aromatic heterocycles. The molecule has 1 aliphatic carbocycles. The van der Waals surface area contributed by atoms with Gasteiger partial charge in [0.2, 0.25) is 0 Å². The fourth-order valence-corrected chi connectivity index (χ4v) is 4.77. The number of carboxylic acid groups (broad SMARTS) is 1. The molecule has 1 saturated heterocycles. The van der Waals surface area contributed by atoms with Gasteiger partial charge in [0.05, 0.1) is 11.9 Å². The summed E-state index contributed by atoms with van der Waals surface area (Å²) in [4.78, 5) is 15.8. The normalized spacial score (nSPS) is 17.7. The van der Waals surface area contributed by atoms with E-state index in [2.05, 4.69) is 37.8 Å². The summed E-state index contributed by atoms with van der Waals surface area (Å²) < 4.78 is 45.5. The zero-order valence-electron chi connectivity index (χ0n) is 20.9. The van der Waals surface area contributed by atoms with E-state index in [4.69, 9.17) is 15.6 Å². The number of hydrogen-bond donors (Lipinski definition) is 4. The second-order valence-electron chi connectivity index (χ2n) is 9.33. The summed E-state index contributed by atoms with van der Waals surface area (Å²) in [5.41, 5.74) is 9.99. The lowest BCUT2D eigenvalue weighted by molar-refractivity contribution is -0.192. The fraction of sp³-hybridized carbons (Fsp3) is 0.417. The second-order valence-corrected chi connectivity index (χ2v) is 10.8. The van der Waals surface area contributed by atoms with Crippen LogP contribution in [0.15, 0.2) is 30.5 Å². The van der Waals surface area contributed by atoms with Crippen molar-refractivity contribution in [1.29, 1.82) is 5.26 Å². The van der Waals surface area contributed by atoms with Crippen molar-refractivity contribution in [1.82, 2.24) is 14.6 Å². The minimum absolute atomic E-state index is 0.172. The number of carbonyl (C=O) groups is 1. The van der Waals surface area contributed by atoms with Crippen LogP contribution in [0.5, 0.6) is 0 Å². The van der Waals surface area contributed by atoms with Crippen molar-refractivity contribution < 1.29 is 27.3 Å². The number of nitrogens with one attached hydrogen (secondary N) is 2. The molecule has 3 heterocycles. The minimum atomic E-state index is -5.08. The maximum atomic E-state index is 12.0. The molecule has 0 bridgehead atoms. The lowest BCUT2D eigenvalue weighted by Crippen LogP contribution is -2.27. The molecule has 0 radical (unpaired) electrons. The Morgan fingerprint density at radius 3 is 2.59 bits per heavy atom. The van der Waals surface area contributed by atoms with E-state index in [1.807, 2.05) is 18.2 Å². The summed E-state index contributed by atoms with van der Waals surface area (Å²) in [7, 11) is -0.970. The number of nitrogens with zero attached hydrogens (tertiary/aromatic N) is 5. The predicted molar refractivity (Wildman–Crippen MR) is 140 cm³/mol. The Balaban J connectivity index is 0.000000448. The number of hydrogen-bond acceptors (Lipinski definition) is 9. The average Bonchev–Trinajstić information content (AvgIpc) is 3.40. The molecular weight excluding hydrogens is 537 g/mol. The molecule has 3 aromatic rings. The van der Waals surface area contributed by atoms with Gasteiger partial charge in [-0.25, -0.2) is 9.78 Å². The largest absolute Gasteiger partial charge is 0.490 e. The second kappa shape index (κ2) is 11.5. The number of benzene rings is 1. The first-order chi connectivity index (χ1) is 18.4. The van der Waals surface area contributed by atoms with E-state index >= 15 is 0 Å². The van der Waals surface area contributed by atoms with Gasteiger partial charge >= 0.3 is 12.1 Å². The highest BCUT2D eigenvalue weighted by molar-refractivity contribution is 7.83. The van der Waals surface area contributed by atoms with Gasteiger partial charge < -0.3 is 26.4 Å². The van der Waals surface area contributed by atoms with Crippen LogP contribution < -0.4 is 21.3 Å². The maximum absolute atomic E-state index is 12.0. The third kappa shape index (κ3) is 7.15. The smallest absolute Gasteiger partial charge is 0.475 e. The van der Waals surface area contributed by atoms with E-state index in [0.717, 1.165) is 55.1 Å². The average molecular weight is 565 g/mol. The van der Waals surface area contributed by atoms with Crippen LogP contribution in [0.25, 0.3) is 5.65 Å². The molecule has 2 aliphatic rings. The van der Waals surface area contributed by atoms with Gasteiger partial charge in [-0.15, -0.1) is 0 Å². The van der Waals surface area contributed by atoms with Gasteiger partial charge in [0, 0.05) is 59.7 Å². The molecule has 0 unspecified atom stereocenters. The van der Waals surface area contributed by atoms with E-state index in [-0.39, 0.29) is 6.04 Å². The highest BCUT2D eigenvalue weighted by Gasteiger charge is 2.38. The number of nitrogens with two attached hydrogens (primary N) is 1. The van der Waals surface area contributed by atoms with Crippen molar-refractivity contribution in [3.05, 3.63) is 41.6 Å². The SMILES string of the molecule is C[S@@](=O)Cc1cc(Nc2cc(NC3CC3)n3ncc(C#N)c3n2)ccc1N1CC[C@H](N)C1.O=C(O)C(F)(F)F. The molecular formula is C24H27F3N8O3S. The Bertz CT molecular complexity index is 1430. The Kier molecular flexibility index (Phi) is 8.26. The summed E-state index contributed by atoms with van der Waals surface area (Å²) in [5.74, 6) is -0.859. The predicted octanol–water partition coefficient (Wildman–Crippen LogP) is 2.97. The lowest BCUT2D eigenvalue weighted by Gasteiger charge is -2.22. The Labute approximate surface area is 224 Å². The van der Waals surface area contributed by atoms with Crippen LogP contribution in [0.1, 0.15) is 30.4 Å². The van der Waals surface area contributed by atoms with Gasteiger partial charge in [0.25, 0.3) is 0 Å². The molecule has 11 nitrogen and oxygen atoms in total. The number of halogens is 3. The van der Waals surface area contributed by atoms with E-state index in [9.17, 15) is 22.6 Å².